The standard InChI is InChI=1S/C15H17BrN2O3S/c1-4-18-14(20)11(17(3)15(18)22)6-9-7-13(21-5-2)12(19)8-10(9)16/h6-8,19H,4-5H2,1-3H3/b11-6-. The summed E-state index contributed by atoms with van der Waals surface area (Å²) < 4.78 is 6.05. The number of ether oxygens (including phenoxy) is 1. The van der Waals surface area contributed by atoms with Crippen molar-refractivity contribution in [1.29, 1.82) is 0 Å². The van der Waals surface area contributed by atoms with Crippen LogP contribution in [0.25, 0.3) is 6.08 Å². The molecule has 7 heteroatoms. The zero-order chi connectivity index (χ0) is 16.4. The fourth-order valence-electron chi connectivity index (χ4n) is 2.18. The molecule has 1 aliphatic heterocycles. The summed E-state index contributed by atoms with van der Waals surface area (Å²) in [6.07, 6.45) is 1.73. The van der Waals surface area contributed by atoms with Crippen molar-refractivity contribution in [3.05, 3.63) is 27.9 Å². The van der Waals surface area contributed by atoms with Gasteiger partial charge in [0.2, 0.25) is 0 Å². The van der Waals surface area contributed by atoms with E-state index in [9.17, 15) is 9.90 Å². The van der Waals surface area contributed by atoms with Gasteiger partial charge in [0.15, 0.2) is 16.6 Å². The van der Waals surface area contributed by atoms with E-state index in [1.54, 1.807) is 35.1 Å². The largest absolute Gasteiger partial charge is 0.504 e. The molecule has 1 amide bonds. The van der Waals surface area contributed by atoms with Gasteiger partial charge in [0.05, 0.1) is 6.61 Å². The van der Waals surface area contributed by atoms with Crippen LogP contribution in [0.3, 0.4) is 0 Å². The molecule has 1 aromatic carbocycles. The Morgan fingerprint density at radius 3 is 2.64 bits per heavy atom. The lowest BCUT2D eigenvalue weighted by Gasteiger charge is -2.13. The minimum atomic E-state index is -0.132. The molecule has 0 unspecified atom stereocenters. The third-order valence-corrected chi connectivity index (χ3v) is 4.51. The molecule has 1 saturated heterocycles. The molecular weight excluding hydrogens is 368 g/mol. The number of amides is 1. The highest BCUT2D eigenvalue weighted by molar-refractivity contribution is 9.10. The van der Waals surface area contributed by atoms with Gasteiger partial charge >= 0.3 is 0 Å². The molecule has 0 bridgehead atoms. The molecule has 1 fully saturated rings. The lowest BCUT2D eigenvalue weighted by Crippen LogP contribution is -2.30. The molecule has 1 aromatic rings. The monoisotopic (exact) mass is 384 g/mol. The number of thiocarbonyl (C=S) groups is 1. The normalized spacial score (nSPS) is 16.8. The number of rotatable bonds is 4. The van der Waals surface area contributed by atoms with Crippen molar-refractivity contribution in [3.63, 3.8) is 0 Å². The molecule has 1 heterocycles. The number of hydrogen-bond acceptors (Lipinski definition) is 4. The molecule has 5 nitrogen and oxygen atoms in total. The highest BCUT2D eigenvalue weighted by Gasteiger charge is 2.34. The first kappa shape index (κ1) is 16.8. The quantitative estimate of drug-likeness (QED) is 0.638. The number of aromatic hydroxyl groups is 1. The van der Waals surface area contributed by atoms with Crippen LogP contribution in [-0.2, 0) is 4.79 Å². The highest BCUT2D eigenvalue weighted by Crippen LogP contribution is 2.34. The molecule has 0 aromatic heterocycles. The number of halogens is 1. The van der Waals surface area contributed by atoms with Crippen LogP contribution in [0, 0.1) is 0 Å². The van der Waals surface area contributed by atoms with Gasteiger partial charge in [-0.05, 0) is 49.8 Å². The van der Waals surface area contributed by atoms with E-state index in [4.69, 9.17) is 17.0 Å². The molecular formula is C15H17BrN2O3S. The predicted molar refractivity (Wildman–Crippen MR) is 92.7 cm³/mol. The number of carbonyl (C=O) groups excluding carboxylic acids is 1. The Hall–Kier alpha value is -1.60. The first-order valence-electron chi connectivity index (χ1n) is 6.87. The van der Waals surface area contributed by atoms with E-state index >= 15 is 0 Å². The molecule has 1 N–H and O–H groups in total. The fourth-order valence-corrected chi connectivity index (χ4v) is 2.93. The molecule has 1 aliphatic rings. The van der Waals surface area contributed by atoms with Crippen LogP contribution in [0.1, 0.15) is 19.4 Å². The minimum absolute atomic E-state index is 0.0488. The maximum Gasteiger partial charge on any atom is 0.276 e. The lowest BCUT2D eigenvalue weighted by atomic mass is 10.1. The zero-order valence-corrected chi connectivity index (χ0v) is 15.0. The minimum Gasteiger partial charge on any atom is -0.504 e. The lowest BCUT2D eigenvalue weighted by molar-refractivity contribution is -0.122. The Bertz CT molecular complexity index is 660. The van der Waals surface area contributed by atoms with E-state index in [1.807, 2.05) is 13.8 Å². The van der Waals surface area contributed by atoms with Crippen molar-refractivity contribution >= 4 is 45.2 Å². The van der Waals surface area contributed by atoms with Gasteiger partial charge in [0.1, 0.15) is 5.70 Å². The Morgan fingerprint density at radius 2 is 2.09 bits per heavy atom. The Balaban J connectivity index is 2.47. The smallest absolute Gasteiger partial charge is 0.276 e. The molecule has 0 radical (unpaired) electrons. The zero-order valence-electron chi connectivity index (χ0n) is 12.6. The maximum atomic E-state index is 12.4. The van der Waals surface area contributed by atoms with E-state index in [1.165, 1.54) is 0 Å². The molecule has 2 rings (SSSR count). The average molecular weight is 385 g/mol. The number of phenols is 1. The van der Waals surface area contributed by atoms with Crippen molar-refractivity contribution in [2.75, 3.05) is 20.2 Å². The van der Waals surface area contributed by atoms with E-state index in [0.29, 0.717) is 34.2 Å². The van der Waals surface area contributed by atoms with E-state index in [2.05, 4.69) is 15.9 Å². The number of benzene rings is 1. The van der Waals surface area contributed by atoms with Gasteiger partial charge in [-0.1, -0.05) is 15.9 Å². The van der Waals surface area contributed by atoms with Crippen LogP contribution < -0.4 is 4.74 Å². The molecule has 22 heavy (non-hydrogen) atoms. The second-order valence-electron chi connectivity index (χ2n) is 4.70. The van der Waals surface area contributed by atoms with Gasteiger partial charge < -0.3 is 14.7 Å². The van der Waals surface area contributed by atoms with Crippen LogP contribution in [0.5, 0.6) is 11.5 Å². The summed E-state index contributed by atoms with van der Waals surface area (Å²) in [6.45, 7) is 4.69. The fraction of sp³-hybridized carbons (Fsp3) is 0.333. The molecule has 0 aliphatic carbocycles. The topological polar surface area (TPSA) is 53.0 Å². The summed E-state index contributed by atoms with van der Waals surface area (Å²) in [5.41, 5.74) is 1.22. The second-order valence-corrected chi connectivity index (χ2v) is 5.91. The third-order valence-electron chi connectivity index (χ3n) is 3.33. The number of hydrogen-bond donors (Lipinski definition) is 1. The first-order chi connectivity index (χ1) is 10.4. The molecule has 118 valence electrons. The Labute approximate surface area is 143 Å². The van der Waals surface area contributed by atoms with Gasteiger partial charge in [-0.15, -0.1) is 0 Å². The van der Waals surface area contributed by atoms with Crippen LogP contribution in [0.2, 0.25) is 0 Å². The summed E-state index contributed by atoms with van der Waals surface area (Å²) >= 11 is 8.66. The number of likely N-dealkylation sites (N-methyl/N-ethyl adjacent to an activating group) is 2. The van der Waals surface area contributed by atoms with Crippen molar-refractivity contribution in [1.82, 2.24) is 9.80 Å². The number of phenolic OH excluding ortho intramolecular Hbond substituents is 1. The summed E-state index contributed by atoms with van der Waals surface area (Å²) in [4.78, 5) is 15.6. The summed E-state index contributed by atoms with van der Waals surface area (Å²) in [5, 5.41) is 10.3. The summed E-state index contributed by atoms with van der Waals surface area (Å²) in [5.74, 6) is 0.293. The molecule has 0 atom stereocenters. The van der Waals surface area contributed by atoms with Crippen molar-refractivity contribution in [2.24, 2.45) is 0 Å². The summed E-state index contributed by atoms with van der Waals surface area (Å²) in [6, 6.07) is 3.24. The average Bonchev–Trinajstić information content (AvgIpc) is 2.67. The van der Waals surface area contributed by atoms with E-state index in [0.717, 1.165) is 5.56 Å². The van der Waals surface area contributed by atoms with Gasteiger partial charge in [-0.2, -0.15) is 0 Å². The molecule has 0 spiro atoms. The van der Waals surface area contributed by atoms with Crippen LogP contribution in [0.4, 0.5) is 0 Å². The third kappa shape index (κ3) is 2.96. The van der Waals surface area contributed by atoms with Crippen molar-refractivity contribution in [2.45, 2.75) is 13.8 Å². The Kier molecular flexibility index (Phi) is 5.08. The van der Waals surface area contributed by atoms with Crippen molar-refractivity contribution in [3.8, 4) is 11.5 Å². The molecule has 0 saturated carbocycles. The highest BCUT2D eigenvalue weighted by atomic mass is 79.9. The Morgan fingerprint density at radius 1 is 1.41 bits per heavy atom. The number of carbonyl (C=O) groups is 1. The second kappa shape index (κ2) is 6.66. The van der Waals surface area contributed by atoms with Crippen LogP contribution in [0.15, 0.2) is 22.3 Å². The van der Waals surface area contributed by atoms with Gasteiger partial charge in [-0.25, -0.2) is 0 Å². The van der Waals surface area contributed by atoms with Gasteiger partial charge in [0, 0.05) is 18.1 Å². The summed E-state index contributed by atoms with van der Waals surface area (Å²) in [7, 11) is 1.76. The predicted octanol–water partition coefficient (Wildman–Crippen LogP) is 2.97. The van der Waals surface area contributed by atoms with Crippen LogP contribution in [-0.4, -0.2) is 46.1 Å². The van der Waals surface area contributed by atoms with E-state index in [-0.39, 0.29) is 11.7 Å². The van der Waals surface area contributed by atoms with Gasteiger partial charge in [-0.3, -0.25) is 9.69 Å². The number of nitrogens with zero attached hydrogens (tertiary/aromatic N) is 2. The van der Waals surface area contributed by atoms with E-state index < -0.39 is 0 Å². The SMILES string of the molecule is CCOc1cc(/C=C2/C(=O)N(CC)C(=S)N2C)c(Br)cc1O. The maximum absolute atomic E-state index is 12.4. The van der Waals surface area contributed by atoms with Crippen molar-refractivity contribution < 1.29 is 14.6 Å². The van der Waals surface area contributed by atoms with Crippen LogP contribution >= 0.6 is 28.1 Å². The first-order valence-corrected chi connectivity index (χ1v) is 8.07. The van der Waals surface area contributed by atoms with Gasteiger partial charge in [0.25, 0.3) is 5.91 Å².